The van der Waals surface area contributed by atoms with Crippen LogP contribution >= 0.6 is 34.2 Å². The van der Waals surface area contributed by atoms with Gasteiger partial charge in [0.25, 0.3) is 0 Å². The largest absolute Gasteiger partial charge is 0.349 e. The molecule has 0 atom stereocenters. The van der Waals surface area contributed by atoms with Gasteiger partial charge in [0.15, 0.2) is 0 Å². The predicted molar refractivity (Wildman–Crippen MR) is 88.4 cm³/mol. The fourth-order valence-electron chi connectivity index (χ4n) is 1.70. The van der Waals surface area contributed by atoms with Crippen molar-refractivity contribution in [2.75, 3.05) is 10.7 Å². The topological polar surface area (TPSA) is 93.2 Å². The lowest BCUT2D eigenvalue weighted by atomic mass is 10.2. The van der Waals surface area contributed by atoms with Crippen LogP contribution in [0.15, 0.2) is 36.4 Å². The van der Waals surface area contributed by atoms with Crippen molar-refractivity contribution in [3.05, 3.63) is 55.1 Å². The predicted octanol–water partition coefficient (Wildman–Crippen LogP) is 3.88. The lowest BCUT2D eigenvalue weighted by molar-refractivity contribution is -0.383. The number of halogens is 2. The molecular formula is C12H10ClIN4O2. The highest BCUT2D eigenvalue weighted by Crippen LogP contribution is 2.36. The van der Waals surface area contributed by atoms with Gasteiger partial charge in [-0.1, -0.05) is 17.7 Å². The molecule has 0 fully saturated rings. The van der Waals surface area contributed by atoms with Crippen LogP contribution < -0.4 is 16.6 Å². The molecule has 0 heterocycles. The number of rotatable bonds is 4. The van der Waals surface area contributed by atoms with E-state index in [9.17, 15) is 10.1 Å². The third-order valence-corrected chi connectivity index (χ3v) is 3.57. The molecule has 0 aliphatic carbocycles. The molecular weight excluding hydrogens is 395 g/mol. The van der Waals surface area contributed by atoms with E-state index in [4.69, 9.17) is 17.4 Å². The van der Waals surface area contributed by atoms with Crippen LogP contribution in [0.4, 0.5) is 22.7 Å². The summed E-state index contributed by atoms with van der Waals surface area (Å²) in [4.78, 5) is 10.7. The Labute approximate surface area is 133 Å². The third kappa shape index (κ3) is 3.11. The Morgan fingerprint density at radius 3 is 2.55 bits per heavy atom. The first-order valence-electron chi connectivity index (χ1n) is 5.49. The first kappa shape index (κ1) is 14.8. The zero-order chi connectivity index (χ0) is 14.7. The molecule has 4 N–H and O–H groups in total. The van der Waals surface area contributed by atoms with Crippen molar-refractivity contribution in [1.29, 1.82) is 0 Å². The maximum absolute atomic E-state index is 11.2. The van der Waals surface area contributed by atoms with Crippen LogP contribution in [0.1, 0.15) is 0 Å². The summed E-state index contributed by atoms with van der Waals surface area (Å²) < 4.78 is 0.963. The van der Waals surface area contributed by atoms with Crippen LogP contribution in [0.5, 0.6) is 0 Å². The molecule has 0 spiro atoms. The minimum atomic E-state index is -0.501. The molecule has 104 valence electrons. The van der Waals surface area contributed by atoms with E-state index >= 15 is 0 Å². The van der Waals surface area contributed by atoms with Gasteiger partial charge in [-0.25, -0.2) is 0 Å². The lowest BCUT2D eigenvalue weighted by Gasteiger charge is -2.11. The monoisotopic (exact) mass is 404 g/mol. The summed E-state index contributed by atoms with van der Waals surface area (Å²) in [6, 6.07) is 10.2. The number of hydrogen-bond donors (Lipinski definition) is 3. The number of para-hydroxylation sites is 1. The Morgan fingerprint density at radius 1 is 1.20 bits per heavy atom. The molecule has 0 unspecified atom stereocenters. The second kappa shape index (κ2) is 6.25. The van der Waals surface area contributed by atoms with E-state index in [-0.39, 0.29) is 11.4 Å². The molecule has 0 aromatic heterocycles. The number of nitrogens with one attached hydrogen (secondary N) is 2. The number of hydrogen-bond acceptors (Lipinski definition) is 5. The number of nitrogens with two attached hydrogens (primary N) is 1. The van der Waals surface area contributed by atoms with Crippen molar-refractivity contribution >= 4 is 56.9 Å². The number of nitro groups is 1. The molecule has 0 aliphatic rings. The number of hydrazine groups is 1. The van der Waals surface area contributed by atoms with Gasteiger partial charge in [0, 0.05) is 3.57 Å². The van der Waals surface area contributed by atoms with Gasteiger partial charge in [0.2, 0.25) is 0 Å². The molecule has 0 amide bonds. The van der Waals surface area contributed by atoms with E-state index in [1.807, 2.05) is 6.07 Å². The molecule has 20 heavy (non-hydrogen) atoms. The van der Waals surface area contributed by atoms with Crippen LogP contribution in [0.25, 0.3) is 0 Å². The van der Waals surface area contributed by atoms with Crippen molar-refractivity contribution in [2.24, 2.45) is 5.84 Å². The molecule has 2 aromatic rings. The van der Waals surface area contributed by atoms with Crippen molar-refractivity contribution in [1.82, 2.24) is 0 Å². The number of benzene rings is 2. The van der Waals surface area contributed by atoms with Gasteiger partial charge < -0.3 is 10.7 Å². The van der Waals surface area contributed by atoms with Gasteiger partial charge in [-0.2, -0.15) is 0 Å². The normalized spacial score (nSPS) is 10.2. The van der Waals surface area contributed by atoms with Gasteiger partial charge in [-0.05, 0) is 52.9 Å². The maximum Gasteiger partial charge on any atom is 0.316 e. The molecule has 8 heteroatoms. The van der Waals surface area contributed by atoms with Gasteiger partial charge in [0.05, 0.1) is 15.6 Å². The zero-order valence-electron chi connectivity index (χ0n) is 10.1. The third-order valence-electron chi connectivity index (χ3n) is 2.57. The molecule has 0 radical (unpaired) electrons. The minimum Gasteiger partial charge on any atom is -0.349 e. The van der Waals surface area contributed by atoms with Crippen molar-refractivity contribution in [3.63, 3.8) is 0 Å². The number of anilines is 3. The van der Waals surface area contributed by atoms with Gasteiger partial charge >= 0.3 is 5.69 Å². The first-order chi connectivity index (χ1) is 9.52. The highest BCUT2D eigenvalue weighted by molar-refractivity contribution is 14.1. The number of nitrogens with zero attached hydrogens (tertiary/aromatic N) is 1. The van der Waals surface area contributed by atoms with Crippen LogP contribution in [-0.2, 0) is 0 Å². The maximum atomic E-state index is 11.2. The Kier molecular flexibility index (Phi) is 4.63. The smallest absolute Gasteiger partial charge is 0.316 e. The molecule has 0 saturated heterocycles. The highest BCUT2D eigenvalue weighted by atomic mass is 127. The zero-order valence-corrected chi connectivity index (χ0v) is 13.0. The number of nitro benzene ring substituents is 1. The second-order valence-corrected chi connectivity index (χ2v) is 5.51. The van der Waals surface area contributed by atoms with Gasteiger partial charge in [-0.3, -0.25) is 16.0 Å². The van der Waals surface area contributed by atoms with E-state index in [0.717, 1.165) is 3.57 Å². The molecule has 6 nitrogen and oxygen atoms in total. The molecule has 0 aliphatic heterocycles. The second-order valence-electron chi connectivity index (χ2n) is 3.85. The van der Waals surface area contributed by atoms with Crippen LogP contribution in [0, 0.1) is 13.7 Å². The molecule has 2 rings (SSSR count). The minimum absolute atomic E-state index is 0.134. The van der Waals surface area contributed by atoms with Crippen LogP contribution in [-0.4, -0.2) is 4.92 Å². The molecule has 0 bridgehead atoms. The fraction of sp³-hybridized carbons (Fsp3) is 0. The van der Waals surface area contributed by atoms with E-state index in [1.54, 1.807) is 24.3 Å². The summed E-state index contributed by atoms with van der Waals surface area (Å²) in [6.45, 7) is 0. The lowest BCUT2D eigenvalue weighted by Crippen LogP contribution is -2.10. The van der Waals surface area contributed by atoms with Crippen molar-refractivity contribution in [2.45, 2.75) is 0 Å². The first-order valence-corrected chi connectivity index (χ1v) is 6.94. The number of nitrogen functional groups attached to an aromatic ring is 1. The van der Waals surface area contributed by atoms with Crippen LogP contribution in [0.2, 0.25) is 5.02 Å². The molecule has 0 saturated carbocycles. The van der Waals surface area contributed by atoms with E-state index < -0.39 is 4.92 Å². The van der Waals surface area contributed by atoms with Crippen molar-refractivity contribution in [3.8, 4) is 0 Å². The van der Waals surface area contributed by atoms with Crippen LogP contribution in [0.3, 0.4) is 0 Å². The summed E-state index contributed by atoms with van der Waals surface area (Å²) in [5, 5.41) is 14.6. The summed E-state index contributed by atoms with van der Waals surface area (Å²) in [5.41, 5.74) is 3.31. The Hall–Kier alpha value is -1.58. The average molecular weight is 405 g/mol. The molecule has 2 aromatic carbocycles. The van der Waals surface area contributed by atoms with Gasteiger partial charge in [-0.15, -0.1) is 0 Å². The quantitative estimate of drug-likeness (QED) is 0.311. The summed E-state index contributed by atoms with van der Waals surface area (Å²) >= 11 is 8.21. The summed E-state index contributed by atoms with van der Waals surface area (Å²) in [6.07, 6.45) is 0. The Morgan fingerprint density at radius 2 is 1.90 bits per heavy atom. The van der Waals surface area contributed by atoms with Crippen molar-refractivity contribution < 1.29 is 4.92 Å². The SMILES string of the molecule is NNc1cccc(Nc2cc(I)ccc2Cl)c1[N+](=O)[O-]. The Balaban J connectivity index is 2.48. The fourth-order valence-corrected chi connectivity index (χ4v) is 2.35. The van der Waals surface area contributed by atoms with E-state index in [2.05, 4.69) is 33.3 Å². The van der Waals surface area contributed by atoms with E-state index in [1.165, 1.54) is 6.07 Å². The standard InChI is InChI=1S/C12H10ClIN4O2/c13-8-5-4-7(14)6-11(8)16-9-2-1-3-10(17-15)12(9)18(19)20/h1-6,16-17H,15H2. The highest BCUT2D eigenvalue weighted by Gasteiger charge is 2.19. The van der Waals surface area contributed by atoms with E-state index in [0.29, 0.717) is 16.4 Å². The van der Waals surface area contributed by atoms with Gasteiger partial charge in [0.1, 0.15) is 11.4 Å². The summed E-state index contributed by atoms with van der Waals surface area (Å²) in [5.74, 6) is 5.30. The summed E-state index contributed by atoms with van der Waals surface area (Å²) in [7, 11) is 0. The average Bonchev–Trinajstić information content (AvgIpc) is 2.42. The Bertz CT molecular complexity index is 666.